The van der Waals surface area contributed by atoms with Crippen LogP contribution in [0.5, 0.6) is 0 Å². The van der Waals surface area contributed by atoms with Gasteiger partial charge in [-0.1, -0.05) is 0 Å². The van der Waals surface area contributed by atoms with Crippen LogP contribution in [0.2, 0.25) is 0 Å². The van der Waals surface area contributed by atoms with E-state index >= 15 is 0 Å². The summed E-state index contributed by atoms with van der Waals surface area (Å²) in [4.78, 5) is 53.2. The second-order valence-electron chi connectivity index (χ2n) is 6.47. The number of carbonyl (C=O) groups is 3. The summed E-state index contributed by atoms with van der Waals surface area (Å²) < 4.78 is 11.1. The summed E-state index contributed by atoms with van der Waals surface area (Å²) in [5.41, 5.74) is 0.475. The molecule has 0 aliphatic rings. The van der Waals surface area contributed by atoms with Crippen molar-refractivity contribution in [1.29, 1.82) is 0 Å². The molecule has 2 heterocycles. The highest BCUT2D eigenvalue weighted by Crippen LogP contribution is 2.27. The van der Waals surface area contributed by atoms with Gasteiger partial charge in [-0.3, -0.25) is 14.2 Å². The minimum absolute atomic E-state index is 0.0911. The minimum Gasteiger partial charge on any atom is -0.478 e. The standard InChI is InChI=1S/C20H19N3O7S/c1-11-15-17(31-16(11)20(28)30-8-7-29-2)21-10-23(18(15)25)9-14(24)22-13-5-3-12(4-6-13)19(26)27/h3-6,10H,7-9H2,1-2H3,(H,22,24)(H,26,27). The Hall–Kier alpha value is -3.57. The summed E-state index contributed by atoms with van der Waals surface area (Å²) in [7, 11) is 1.49. The molecule has 0 aliphatic heterocycles. The smallest absolute Gasteiger partial charge is 0.348 e. The number of aromatic nitrogens is 2. The van der Waals surface area contributed by atoms with Crippen molar-refractivity contribution in [2.24, 2.45) is 0 Å². The van der Waals surface area contributed by atoms with Crippen LogP contribution < -0.4 is 10.9 Å². The predicted octanol–water partition coefficient (Wildman–Crippen LogP) is 1.91. The van der Waals surface area contributed by atoms with Crippen molar-refractivity contribution in [2.75, 3.05) is 25.6 Å². The number of rotatable bonds is 8. The third kappa shape index (κ3) is 4.95. The number of hydrogen-bond donors (Lipinski definition) is 2. The summed E-state index contributed by atoms with van der Waals surface area (Å²) in [5.74, 6) is -2.12. The highest BCUT2D eigenvalue weighted by atomic mass is 32.1. The fraction of sp³-hybridized carbons (Fsp3) is 0.250. The molecular weight excluding hydrogens is 426 g/mol. The number of amides is 1. The van der Waals surface area contributed by atoms with Gasteiger partial charge in [0.1, 0.15) is 22.9 Å². The number of methoxy groups -OCH3 is 1. The van der Waals surface area contributed by atoms with Crippen LogP contribution in [0.15, 0.2) is 35.4 Å². The first-order valence-corrected chi connectivity index (χ1v) is 9.91. The lowest BCUT2D eigenvalue weighted by molar-refractivity contribution is -0.116. The number of esters is 1. The lowest BCUT2D eigenvalue weighted by Gasteiger charge is -2.07. The molecule has 0 saturated heterocycles. The number of ether oxygens (including phenoxy) is 2. The molecule has 10 nitrogen and oxygen atoms in total. The van der Waals surface area contributed by atoms with Gasteiger partial charge in [0.05, 0.1) is 23.9 Å². The molecule has 0 radical (unpaired) electrons. The number of aryl methyl sites for hydroxylation is 1. The Bertz CT molecular complexity index is 1200. The van der Waals surface area contributed by atoms with Crippen molar-refractivity contribution in [3.8, 4) is 0 Å². The van der Waals surface area contributed by atoms with E-state index in [1.54, 1.807) is 6.92 Å². The maximum Gasteiger partial charge on any atom is 0.348 e. The SMILES string of the molecule is COCCOC(=O)c1sc2ncn(CC(=O)Nc3ccc(C(=O)O)cc3)c(=O)c2c1C. The summed E-state index contributed by atoms with van der Waals surface area (Å²) in [6.45, 7) is 1.68. The van der Waals surface area contributed by atoms with Gasteiger partial charge in [0.15, 0.2) is 0 Å². The van der Waals surface area contributed by atoms with E-state index in [0.29, 0.717) is 16.1 Å². The van der Waals surface area contributed by atoms with E-state index in [9.17, 15) is 19.2 Å². The molecule has 31 heavy (non-hydrogen) atoms. The summed E-state index contributed by atoms with van der Waals surface area (Å²) >= 11 is 1.05. The van der Waals surface area contributed by atoms with Crippen LogP contribution in [0, 0.1) is 6.92 Å². The number of hydrogen-bond acceptors (Lipinski definition) is 8. The number of carboxylic acid groups (broad SMARTS) is 1. The van der Waals surface area contributed by atoms with Gasteiger partial charge >= 0.3 is 11.9 Å². The molecule has 0 spiro atoms. The van der Waals surface area contributed by atoms with Crippen LogP contribution in [-0.2, 0) is 20.8 Å². The topological polar surface area (TPSA) is 137 Å². The van der Waals surface area contributed by atoms with Gasteiger partial charge in [-0.05, 0) is 36.8 Å². The lowest BCUT2D eigenvalue weighted by atomic mass is 10.2. The predicted molar refractivity (Wildman–Crippen MR) is 113 cm³/mol. The van der Waals surface area contributed by atoms with Crippen molar-refractivity contribution in [3.05, 3.63) is 57.0 Å². The number of anilines is 1. The molecule has 0 atom stereocenters. The summed E-state index contributed by atoms with van der Waals surface area (Å²) in [5, 5.41) is 11.8. The van der Waals surface area contributed by atoms with E-state index in [0.717, 1.165) is 15.9 Å². The van der Waals surface area contributed by atoms with Crippen LogP contribution in [0.4, 0.5) is 5.69 Å². The zero-order valence-electron chi connectivity index (χ0n) is 16.7. The van der Waals surface area contributed by atoms with E-state index in [2.05, 4.69) is 10.3 Å². The van der Waals surface area contributed by atoms with Crippen molar-refractivity contribution in [1.82, 2.24) is 9.55 Å². The van der Waals surface area contributed by atoms with Gasteiger partial charge < -0.3 is 19.9 Å². The first kappa shape index (κ1) is 22.1. The number of fused-ring (bicyclic) bond motifs is 1. The Balaban J connectivity index is 1.78. The number of aromatic carboxylic acids is 1. The quantitative estimate of drug-likeness (QED) is 0.396. The number of nitrogens with zero attached hydrogens (tertiary/aromatic N) is 2. The summed E-state index contributed by atoms with van der Waals surface area (Å²) in [6, 6.07) is 5.63. The maximum atomic E-state index is 12.9. The first-order valence-electron chi connectivity index (χ1n) is 9.09. The Morgan fingerprint density at radius 1 is 1.19 bits per heavy atom. The molecule has 162 valence electrons. The number of nitrogens with one attached hydrogen (secondary N) is 1. The largest absolute Gasteiger partial charge is 0.478 e. The number of benzene rings is 1. The fourth-order valence-corrected chi connectivity index (χ4v) is 3.83. The molecule has 2 N–H and O–H groups in total. The van der Waals surface area contributed by atoms with Crippen molar-refractivity contribution < 1.29 is 29.0 Å². The zero-order chi connectivity index (χ0) is 22.5. The Kier molecular flexibility index (Phi) is 6.78. The van der Waals surface area contributed by atoms with Crippen molar-refractivity contribution in [2.45, 2.75) is 13.5 Å². The van der Waals surface area contributed by atoms with Gasteiger partial charge in [-0.15, -0.1) is 11.3 Å². The Morgan fingerprint density at radius 3 is 2.55 bits per heavy atom. The normalized spacial score (nSPS) is 10.8. The van der Waals surface area contributed by atoms with Crippen molar-refractivity contribution in [3.63, 3.8) is 0 Å². The average molecular weight is 445 g/mol. The molecule has 0 bridgehead atoms. The molecule has 3 rings (SSSR count). The van der Waals surface area contributed by atoms with Crippen molar-refractivity contribution >= 4 is 45.1 Å². The highest BCUT2D eigenvalue weighted by molar-refractivity contribution is 7.20. The molecule has 1 amide bonds. The van der Waals surface area contributed by atoms with Gasteiger partial charge in [-0.2, -0.15) is 0 Å². The number of thiophene rings is 1. The number of carbonyl (C=O) groups excluding carboxylic acids is 2. The van der Waals surface area contributed by atoms with Gasteiger partial charge in [-0.25, -0.2) is 14.6 Å². The monoisotopic (exact) mass is 445 g/mol. The maximum absolute atomic E-state index is 12.9. The third-order valence-electron chi connectivity index (χ3n) is 4.35. The summed E-state index contributed by atoms with van der Waals surface area (Å²) in [6.07, 6.45) is 1.24. The Labute approximate surface area is 180 Å². The molecule has 1 aromatic carbocycles. The molecule has 0 fully saturated rings. The van der Waals surface area contributed by atoms with E-state index < -0.39 is 23.4 Å². The average Bonchev–Trinajstić information content (AvgIpc) is 3.08. The number of carboxylic acids is 1. The van der Waals surface area contributed by atoms with E-state index in [4.69, 9.17) is 14.6 Å². The van der Waals surface area contributed by atoms with Crippen LogP contribution in [0.1, 0.15) is 25.6 Å². The zero-order valence-corrected chi connectivity index (χ0v) is 17.5. The van der Waals surface area contributed by atoms with Crippen LogP contribution >= 0.6 is 11.3 Å². The van der Waals surface area contributed by atoms with E-state index in [-0.39, 0.29) is 35.6 Å². The molecule has 3 aromatic rings. The second kappa shape index (κ2) is 9.49. The minimum atomic E-state index is -1.07. The van der Waals surface area contributed by atoms with Gasteiger partial charge in [0.25, 0.3) is 5.56 Å². The molecule has 11 heteroatoms. The van der Waals surface area contributed by atoms with Crippen LogP contribution in [-0.4, -0.2) is 52.8 Å². The lowest BCUT2D eigenvalue weighted by Crippen LogP contribution is -2.28. The van der Waals surface area contributed by atoms with Gasteiger partial charge in [0, 0.05) is 12.8 Å². The third-order valence-corrected chi connectivity index (χ3v) is 5.53. The Morgan fingerprint density at radius 2 is 1.90 bits per heavy atom. The van der Waals surface area contributed by atoms with Gasteiger partial charge in [0.2, 0.25) is 5.91 Å². The molecule has 0 aliphatic carbocycles. The highest BCUT2D eigenvalue weighted by Gasteiger charge is 2.21. The molecule has 0 saturated carbocycles. The first-order chi connectivity index (χ1) is 14.8. The van der Waals surface area contributed by atoms with E-state index in [1.807, 2.05) is 0 Å². The van der Waals surface area contributed by atoms with Crippen LogP contribution in [0.25, 0.3) is 10.2 Å². The molecule has 0 unspecified atom stereocenters. The second-order valence-corrected chi connectivity index (χ2v) is 7.47. The molecular formula is C20H19N3O7S. The van der Waals surface area contributed by atoms with E-state index in [1.165, 1.54) is 37.7 Å². The molecule has 2 aromatic heterocycles. The fourth-order valence-electron chi connectivity index (χ4n) is 2.80. The van der Waals surface area contributed by atoms with Crippen LogP contribution in [0.3, 0.4) is 0 Å².